The fraction of sp³-hybridized carbons (Fsp3) is 0.467. The topological polar surface area (TPSA) is 98.2 Å². The summed E-state index contributed by atoms with van der Waals surface area (Å²) in [6, 6.07) is 3.66. The molecular weight excluding hydrogens is 309 g/mol. The van der Waals surface area contributed by atoms with Crippen LogP contribution in [0.25, 0.3) is 0 Å². The number of amides is 2. The van der Waals surface area contributed by atoms with Crippen molar-refractivity contribution in [3.05, 3.63) is 29.6 Å². The minimum Gasteiger partial charge on any atom is -0.366 e. The predicted octanol–water partition coefficient (Wildman–Crippen LogP) is 2.19. The Labute approximate surface area is 135 Å². The highest BCUT2D eigenvalue weighted by molar-refractivity contribution is 5.96. The van der Waals surface area contributed by atoms with E-state index in [9.17, 15) is 14.0 Å². The fourth-order valence-electron chi connectivity index (χ4n) is 2.70. The van der Waals surface area contributed by atoms with E-state index in [1.54, 1.807) is 0 Å². The van der Waals surface area contributed by atoms with E-state index in [0.717, 1.165) is 31.7 Å². The van der Waals surface area contributed by atoms with Crippen LogP contribution >= 0.6 is 12.4 Å². The third kappa shape index (κ3) is 4.68. The molecule has 0 heterocycles. The van der Waals surface area contributed by atoms with Crippen molar-refractivity contribution >= 4 is 29.9 Å². The Bertz CT molecular complexity index is 554. The zero-order chi connectivity index (χ0) is 15.4. The first-order valence-corrected chi connectivity index (χ1v) is 7.12. The highest BCUT2D eigenvalue weighted by Crippen LogP contribution is 2.26. The Morgan fingerprint density at radius 1 is 1.27 bits per heavy atom. The van der Waals surface area contributed by atoms with Crippen LogP contribution in [0.3, 0.4) is 0 Å². The average Bonchev–Trinajstić information content (AvgIpc) is 2.43. The van der Waals surface area contributed by atoms with E-state index in [1.165, 1.54) is 12.1 Å². The first-order chi connectivity index (χ1) is 9.97. The number of rotatable bonds is 4. The van der Waals surface area contributed by atoms with Gasteiger partial charge in [-0.15, -0.1) is 12.4 Å². The molecule has 122 valence electrons. The molecule has 0 radical (unpaired) electrons. The molecule has 2 amide bonds. The predicted molar refractivity (Wildman–Crippen MR) is 85.3 cm³/mol. The lowest BCUT2D eigenvalue weighted by Crippen LogP contribution is -2.35. The maximum absolute atomic E-state index is 13.7. The molecule has 7 heteroatoms. The van der Waals surface area contributed by atoms with Gasteiger partial charge in [-0.25, -0.2) is 4.39 Å². The summed E-state index contributed by atoms with van der Waals surface area (Å²) >= 11 is 0. The number of anilines is 1. The molecular formula is C15H21ClFN3O2. The van der Waals surface area contributed by atoms with Gasteiger partial charge < -0.3 is 16.8 Å². The number of nitrogens with one attached hydrogen (secondary N) is 1. The Balaban J connectivity index is 0.00000242. The highest BCUT2D eigenvalue weighted by atomic mass is 35.5. The Morgan fingerprint density at radius 3 is 2.59 bits per heavy atom. The molecule has 1 saturated carbocycles. The first kappa shape index (κ1) is 18.4. The summed E-state index contributed by atoms with van der Waals surface area (Å²) in [4.78, 5) is 23.1. The second kappa shape index (κ2) is 8.10. The molecule has 5 N–H and O–H groups in total. The van der Waals surface area contributed by atoms with Crippen LogP contribution in [0.1, 0.15) is 42.5 Å². The van der Waals surface area contributed by atoms with Crippen LogP contribution in [-0.2, 0) is 4.79 Å². The van der Waals surface area contributed by atoms with Crippen LogP contribution in [0.15, 0.2) is 18.2 Å². The zero-order valence-electron chi connectivity index (χ0n) is 12.2. The van der Waals surface area contributed by atoms with Gasteiger partial charge in [0.15, 0.2) is 0 Å². The number of carbonyl (C=O) groups excluding carboxylic acids is 2. The summed E-state index contributed by atoms with van der Waals surface area (Å²) in [6.45, 7) is 0. The first-order valence-electron chi connectivity index (χ1n) is 7.12. The van der Waals surface area contributed by atoms with Gasteiger partial charge in [0.1, 0.15) is 5.82 Å². The second-order valence-corrected chi connectivity index (χ2v) is 5.52. The molecule has 0 aromatic heterocycles. The van der Waals surface area contributed by atoms with Crippen molar-refractivity contribution in [3.63, 3.8) is 0 Å². The highest BCUT2D eigenvalue weighted by Gasteiger charge is 2.24. The van der Waals surface area contributed by atoms with Gasteiger partial charge >= 0.3 is 0 Å². The van der Waals surface area contributed by atoms with E-state index in [0.29, 0.717) is 0 Å². The van der Waals surface area contributed by atoms with Crippen LogP contribution < -0.4 is 16.8 Å². The van der Waals surface area contributed by atoms with E-state index >= 15 is 0 Å². The number of carbonyl (C=O) groups is 2. The molecule has 1 aromatic carbocycles. The maximum atomic E-state index is 13.7. The molecule has 1 aliphatic rings. The van der Waals surface area contributed by atoms with Crippen molar-refractivity contribution in [1.29, 1.82) is 0 Å². The molecule has 0 spiro atoms. The molecule has 2 rings (SSSR count). The number of primary amides is 1. The normalized spacial score (nSPS) is 20.8. The molecule has 22 heavy (non-hydrogen) atoms. The minimum atomic E-state index is -0.667. The van der Waals surface area contributed by atoms with Crippen molar-refractivity contribution in [1.82, 2.24) is 0 Å². The summed E-state index contributed by atoms with van der Waals surface area (Å²) in [5, 5.41) is 2.50. The maximum Gasteiger partial charge on any atom is 0.248 e. The summed E-state index contributed by atoms with van der Waals surface area (Å²) in [7, 11) is 0. The standard InChI is InChI=1S/C15H20FN3O2.ClH/c16-11-6-5-10(15(18)21)7-13(11)19-14(20)8-9-3-1-2-4-12(9)17;/h5-7,9,12H,1-4,8,17H2,(H2,18,21)(H,19,20);1H. The second-order valence-electron chi connectivity index (χ2n) is 5.52. The van der Waals surface area contributed by atoms with Crippen LogP contribution in [0.2, 0.25) is 0 Å². The molecule has 1 fully saturated rings. The lowest BCUT2D eigenvalue weighted by molar-refractivity contribution is -0.117. The Kier molecular flexibility index (Phi) is 6.77. The molecule has 1 aromatic rings. The number of halogens is 2. The lowest BCUT2D eigenvalue weighted by Gasteiger charge is -2.27. The van der Waals surface area contributed by atoms with E-state index in [1.807, 2.05) is 0 Å². The van der Waals surface area contributed by atoms with Crippen molar-refractivity contribution in [2.45, 2.75) is 38.1 Å². The molecule has 0 bridgehead atoms. The lowest BCUT2D eigenvalue weighted by atomic mass is 9.83. The SMILES string of the molecule is Cl.NC(=O)c1ccc(F)c(NC(=O)CC2CCCCC2N)c1. The molecule has 2 atom stereocenters. The number of hydrogen-bond acceptors (Lipinski definition) is 3. The number of nitrogens with two attached hydrogens (primary N) is 2. The van der Waals surface area contributed by atoms with Gasteiger partial charge in [-0.3, -0.25) is 9.59 Å². The zero-order valence-corrected chi connectivity index (χ0v) is 13.0. The Morgan fingerprint density at radius 2 is 1.95 bits per heavy atom. The summed E-state index contributed by atoms with van der Waals surface area (Å²) in [5.41, 5.74) is 11.3. The van der Waals surface area contributed by atoms with E-state index in [4.69, 9.17) is 11.5 Å². The van der Waals surface area contributed by atoms with Gasteiger partial charge in [-0.05, 0) is 37.0 Å². The van der Waals surface area contributed by atoms with Crippen LogP contribution in [0.4, 0.5) is 10.1 Å². The van der Waals surface area contributed by atoms with Crippen molar-refractivity contribution in [2.24, 2.45) is 17.4 Å². The van der Waals surface area contributed by atoms with E-state index in [2.05, 4.69) is 5.32 Å². The average molecular weight is 330 g/mol. The van der Waals surface area contributed by atoms with Crippen LogP contribution in [0.5, 0.6) is 0 Å². The van der Waals surface area contributed by atoms with Crippen molar-refractivity contribution in [3.8, 4) is 0 Å². The van der Waals surface area contributed by atoms with Gasteiger partial charge in [0.25, 0.3) is 0 Å². The molecule has 0 saturated heterocycles. The molecule has 0 aliphatic heterocycles. The van der Waals surface area contributed by atoms with Gasteiger partial charge in [-0.2, -0.15) is 0 Å². The molecule has 5 nitrogen and oxygen atoms in total. The van der Waals surface area contributed by atoms with Crippen LogP contribution in [0, 0.1) is 11.7 Å². The third-order valence-corrected chi connectivity index (χ3v) is 3.94. The van der Waals surface area contributed by atoms with E-state index in [-0.39, 0.29) is 47.9 Å². The van der Waals surface area contributed by atoms with Gasteiger partial charge in [-0.1, -0.05) is 12.8 Å². The third-order valence-electron chi connectivity index (χ3n) is 3.94. The quantitative estimate of drug-likeness (QED) is 0.789. The molecule has 2 unspecified atom stereocenters. The Hall–Kier alpha value is -1.66. The smallest absolute Gasteiger partial charge is 0.248 e. The number of hydrogen-bond donors (Lipinski definition) is 3. The fourth-order valence-corrected chi connectivity index (χ4v) is 2.70. The van der Waals surface area contributed by atoms with Crippen molar-refractivity contribution in [2.75, 3.05) is 5.32 Å². The summed E-state index contributed by atoms with van der Waals surface area (Å²) in [5.74, 6) is -1.43. The van der Waals surface area contributed by atoms with Crippen molar-refractivity contribution < 1.29 is 14.0 Å². The largest absolute Gasteiger partial charge is 0.366 e. The van der Waals surface area contributed by atoms with Gasteiger partial charge in [0.05, 0.1) is 5.69 Å². The monoisotopic (exact) mass is 329 g/mol. The van der Waals surface area contributed by atoms with Gasteiger partial charge in [0.2, 0.25) is 11.8 Å². The summed E-state index contributed by atoms with van der Waals surface area (Å²) < 4.78 is 13.7. The minimum absolute atomic E-state index is 0. The molecule has 1 aliphatic carbocycles. The number of benzene rings is 1. The van der Waals surface area contributed by atoms with E-state index < -0.39 is 11.7 Å². The summed E-state index contributed by atoms with van der Waals surface area (Å²) in [6.07, 6.45) is 4.26. The van der Waals surface area contributed by atoms with Gasteiger partial charge in [0, 0.05) is 18.0 Å². The van der Waals surface area contributed by atoms with Crippen LogP contribution in [-0.4, -0.2) is 17.9 Å².